The molecular formula is C14H20N2O2S. The van der Waals surface area contributed by atoms with Crippen molar-refractivity contribution in [2.45, 2.75) is 43.4 Å². The predicted molar refractivity (Wildman–Crippen MR) is 76.7 cm³/mol. The maximum Gasteiger partial charge on any atom is 0.187 e. The fourth-order valence-corrected chi connectivity index (χ4v) is 1.89. The molecule has 2 N–H and O–H groups in total. The van der Waals surface area contributed by atoms with Gasteiger partial charge in [0, 0.05) is 19.2 Å². The molecule has 4 nitrogen and oxygen atoms in total. The highest BCUT2D eigenvalue weighted by Crippen LogP contribution is 2.13. The highest BCUT2D eigenvalue weighted by Gasteiger charge is 2.06. The number of hydrogen-bond donors (Lipinski definition) is 2. The van der Waals surface area contributed by atoms with Crippen LogP contribution in [0, 0.1) is 11.8 Å². The van der Waals surface area contributed by atoms with Gasteiger partial charge in [0.15, 0.2) is 11.3 Å². The number of nitrogens with zero attached hydrogens (tertiary/aromatic N) is 2. The molecule has 1 atom stereocenters. The quantitative estimate of drug-likeness (QED) is 0.347. The van der Waals surface area contributed by atoms with Gasteiger partial charge in [-0.2, -0.15) is 0 Å². The summed E-state index contributed by atoms with van der Waals surface area (Å²) in [7, 11) is 0. The standard InChI is InChI=1S/C14H20N2O2S/c1-19-14-15-10-9-12(16-14)13(18)8-6-4-2-3-5-7-11-17/h9-10,13,17-18H,2-5,7,11H2,1H3. The van der Waals surface area contributed by atoms with Crippen LogP contribution in [0.1, 0.15) is 43.9 Å². The van der Waals surface area contributed by atoms with Crippen molar-refractivity contribution in [3.63, 3.8) is 0 Å². The van der Waals surface area contributed by atoms with Crippen LogP contribution in [0.5, 0.6) is 0 Å². The predicted octanol–water partition coefficient (Wildman–Crippen LogP) is 2.18. The Hall–Kier alpha value is -1.09. The fourth-order valence-electron chi connectivity index (χ4n) is 1.53. The minimum absolute atomic E-state index is 0.260. The van der Waals surface area contributed by atoms with Crippen LogP contribution >= 0.6 is 11.8 Å². The molecule has 0 aliphatic heterocycles. The molecule has 0 bridgehead atoms. The summed E-state index contributed by atoms with van der Waals surface area (Å²) in [5.41, 5.74) is 0.548. The van der Waals surface area contributed by atoms with Crippen LogP contribution < -0.4 is 0 Å². The van der Waals surface area contributed by atoms with Gasteiger partial charge in [0.1, 0.15) is 0 Å². The Morgan fingerprint density at radius 3 is 2.84 bits per heavy atom. The molecule has 1 aromatic heterocycles. The maximum absolute atomic E-state index is 9.88. The number of hydrogen-bond acceptors (Lipinski definition) is 5. The zero-order valence-corrected chi connectivity index (χ0v) is 12.0. The van der Waals surface area contributed by atoms with Crippen LogP contribution in [0.2, 0.25) is 0 Å². The van der Waals surface area contributed by atoms with E-state index in [-0.39, 0.29) is 6.61 Å². The molecule has 0 amide bonds. The molecule has 0 saturated carbocycles. The lowest BCUT2D eigenvalue weighted by molar-refractivity contribution is 0.232. The van der Waals surface area contributed by atoms with E-state index in [4.69, 9.17) is 5.11 Å². The van der Waals surface area contributed by atoms with Gasteiger partial charge < -0.3 is 10.2 Å². The first kappa shape index (κ1) is 16.0. The van der Waals surface area contributed by atoms with Crippen LogP contribution in [0.15, 0.2) is 17.4 Å². The molecule has 1 aromatic rings. The molecule has 0 saturated heterocycles. The van der Waals surface area contributed by atoms with Crippen LogP contribution in [0.3, 0.4) is 0 Å². The minimum Gasteiger partial charge on any atom is -0.396 e. The molecule has 1 heterocycles. The lowest BCUT2D eigenvalue weighted by Gasteiger charge is -2.03. The van der Waals surface area contributed by atoms with Crippen LogP contribution in [0.25, 0.3) is 0 Å². The smallest absolute Gasteiger partial charge is 0.187 e. The first-order valence-electron chi connectivity index (χ1n) is 6.42. The van der Waals surface area contributed by atoms with Crippen molar-refractivity contribution in [3.8, 4) is 11.8 Å². The Balaban J connectivity index is 2.35. The van der Waals surface area contributed by atoms with Gasteiger partial charge in [0.25, 0.3) is 0 Å². The molecule has 1 unspecified atom stereocenters. The third kappa shape index (κ3) is 6.58. The Morgan fingerprint density at radius 1 is 1.32 bits per heavy atom. The number of unbranched alkanes of at least 4 members (excludes halogenated alkanes) is 4. The molecule has 104 valence electrons. The summed E-state index contributed by atoms with van der Waals surface area (Å²) in [6.45, 7) is 0.260. The molecule has 0 aliphatic rings. The second-order valence-corrected chi connectivity index (χ2v) is 4.85. The SMILES string of the molecule is CSc1nccc(C(O)C#CCCCCCCO)n1. The van der Waals surface area contributed by atoms with E-state index < -0.39 is 6.10 Å². The van der Waals surface area contributed by atoms with Crippen molar-refractivity contribution in [2.75, 3.05) is 12.9 Å². The molecule has 0 radical (unpaired) electrons. The van der Waals surface area contributed by atoms with E-state index in [0.717, 1.165) is 32.1 Å². The summed E-state index contributed by atoms with van der Waals surface area (Å²) in [6, 6.07) is 1.68. The zero-order chi connectivity index (χ0) is 13.9. The summed E-state index contributed by atoms with van der Waals surface area (Å²) < 4.78 is 0. The molecule has 0 aromatic carbocycles. The Bertz CT molecular complexity index is 429. The van der Waals surface area contributed by atoms with Gasteiger partial charge in [-0.15, -0.1) is 5.92 Å². The summed E-state index contributed by atoms with van der Waals surface area (Å²) in [6.07, 6.45) is 7.40. The van der Waals surface area contributed by atoms with E-state index >= 15 is 0 Å². The third-order valence-electron chi connectivity index (χ3n) is 2.57. The lowest BCUT2D eigenvalue weighted by atomic mass is 10.1. The summed E-state index contributed by atoms with van der Waals surface area (Å²) in [5, 5.41) is 19.2. The van der Waals surface area contributed by atoms with E-state index in [1.54, 1.807) is 12.3 Å². The molecule has 19 heavy (non-hydrogen) atoms. The molecule has 0 aliphatic carbocycles. The van der Waals surface area contributed by atoms with E-state index in [1.165, 1.54) is 11.8 Å². The number of rotatable bonds is 7. The third-order valence-corrected chi connectivity index (χ3v) is 3.13. The van der Waals surface area contributed by atoms with Gasteiger partial charge in [0.2, 0.25) is 0 Å². The highest BCUT2D eigenvalue weighted by molar-refractivity contribution is 7.98. The molecule has 1 rings (SSSR count). The number of aliphatic hydroxyl groups is 2. The summed E-state index contributed by atoms with van der Waals surface area (Å²) in [5.74, 6) is 5.77. The lowest BCUT2D eigenvalue weighted by Crippen LogP contribution is -1.99. The summed E-state index contributed by atoms with van der Waals surface area (Å²) in [4.78, 5) is 8.25. The van der Waals surface area contributed by atoms with Crippen LogP contribution in [-0.2, 0) is 0 Å². The fraction of sp³-hybridized carbons (Fsp3) is 0.571. The van der Waals surface area contributed by atoms with Gasteiger partial charge in [-0.3, -0.25) is 0 Å². The number of aliphatic hydroxyl groups excluding tert-OH is 2. The summed E-state index contributed by atoms with van der Waals surface area (Å²) >= 11 is 1.44. The number of aromatic nitrogens is 2. The van der Waals surface area contributed by atoms with Crippen molar-refractivity contribution in [3.05, 3.63) is 18.0 Å². The van der Waals surface area contributed by atoms with Crippen molar-refractivity contribution < 1.29 is 10.2 Å². The van der Waals surface area contributed by atoms with Gasteiger partial charge in [-0.05, 0) is 25.2 Å². The van der Waals surface area contributed by atoms with Gasteiger partial charge in [-0.25, -0.2) is 9.97 Å². The van der Waals surface area contributed by atoms with E-state index in [2.05, 4.69) is 21.8 Å². The molecule has 0 spiro atoms. The topological polar surface area (TPSA) is 66.2 Å². The van der Waals surface area contributed by atoms with Crippen LogP contribution in [-0.4, -0.2) is 33.0 Å². The van der Waals surface area contributed by atoms with Gasteiger partial charge in [-0.1, -0.05) is 30.5 Å². The zero-order valence-electron chi connectivity index (χ0n) is 11.2. The maximum atomic E-state index is 9.88. The normalized spacial score (nSPS) is 11.7. The first-order chi connectivity index (χ1) is 9.27. The van der Waals surface area contributed by atoms with Crippen molar-refractivity contribution >= 4 is 11.8 Å². The van der Waals surface area contributed by atoms with Crippen molar-refractivity contribution in [1.82, 2.24) is 9.97 Å². The molecular weight excluding hydrogens is 260 g/mol. The van der Waals surface area contributed by atoms with Crippen molar-refractivity contribution in [2.24, 2.45) is 0 Å². The first-order valence-corrected chi connectivity index (χ1v) is 7.64. The molecule has 5 heteroatoms. The Kier molecular flexibility index (Phi) is 8.23. The van der Waals surface area contributed by atoms with E-state index in [1.807, 2.05) is 6.26 Å². The van der Waals surface area contributed by atoms with E-state index in [0.29, 0.717) is 10.9 Å². The largest absolute Gasteiger partial charge is 0.396 e. The monoisotopic (exact) mass is 280 g/mol. The Labute approximate surface area is 118 Å². The van der Waals surface area contributed by atoms with Gasteiger partial charge >= 0.3 is 0 Å². The second kappa shape index (κ2) is 9.79. The highest BCUT2D eigenvalue weighted by atomic mass is 32.2. The average molecular weight is 280 g/mol. The second-order valence-electron chi connectivity index (χ2n) is 4.08. The number of thioether (sulfide) groups is 1. The van der Waals surface area contributed by atoms with Crippen LogP contribution in [0.4, 0.5) is 0 Å². The average Bonchev–Trinajstić information content (AvgIpc) is 2.46. The molecule has 0 fully saturated rings. The minimum atomic E-state index is -0.841. The van der Waals surface area contributed by atoms with E-state index in [9.17, 15) is 5.11 Å². The van der Waals surface area contributed by atoms with Gasteiger partial charge in [0.05, 0.1) is 5.69 Å². The Morgan fingerprint density at radius 2 is 2.11 bits per heavy atom. The van der Waals surface area contributed by atoms with Crippen molar-refractivity contribution in [1.29, 1.82) is 0 Å².